The highest BCUT2D eigenvalue weighted by Crippen LogP contribution is 2.31. The molecule has 25 heavy (non-hydrogen) atoms. The van der Waals surface area contributed by atoms with Gasteiger partial charge >= 0.3 is 0 Å². The first-order chi connectivity index (χ1) is 12.3. The van der Waals surface area contributed by atoms with Gasteiger partial charge in [-0.1, -0.05) is 12.1 Å². The Balaban J connectivity index is 1.43. The zero-order chi connectivity index (χ0) is 17.1. The van der Waals surface area contributed by atoms with E-state index in [1.807, 2.05) is 6.08 Å². The number of carbonyl (C=O) groups excluding carboxylic acids is 1. The van der Waals surface area contributed by atoms with Crippen LogP contribution in [0, 0.1) is 0 Å². The van der Waals surface area contributed by atoms with Crippen molar-refractivity contribution in [2.45, 2.75) is 19.3 Å². The summed E-state index contributed by atoms with van der Waals surface area (Å²) in [6.07, 6.45) is 5.61. The van der Waals surface area contributed by atoms with Crippen LogP contribution in [-0.4, -0.2) is 55.4 Å². The first kappa shape index (κ1) is 16.7. The standard InChI is InChI=1S/C19H23N3O2S/c23-18-17(25-19(20-18)22-8-2-1-3-9-22)14-15-4-6-16(7-5-15)21-10-12-24-13-11-21/h4-7,14H,1-3,8-13H2/b17-14+. The van der Waals surface area contributed by atoms with Crippen LogP contribution in [0.2, 0.25) is 0 Å². The molecule has 2 fully saturated rings. The summed E-state index contributed by atoms with van der Waals surface area (Å²) >= 11 is 1.51. The summed E-state index contributed by atoms with van der Waals surface area (Å²) in [5.74, 6) is -0.108. The van der Waals surface area contributed by atoms with Gasteiger partial charge in [0.25, 0.3) is 5.91 Å². The number of amidine groups is 1. The molecule has 3 aliphatic rings. The molecule has 5 nitrogen and oxygen atoms in total. The zero-order valence-electron chi connectivity index (χ0n) is 14.3. The highest BCUT2D eigenvalue weighted by molar-refractivity contribution is 8.18. The minimum atomic E-state index is -0.108. The summed E-state index contributed by atoms with van der Waals surface area (Å²) in [4.78, 5) is 21.8. The van der Waals surface area contributed by atoms with Gasteiger partial charge in [0.15, 0.2) is 5.17 Å². The molecule has 132 valence electrons. The van der Waals surface area contributed by atoms with Gasteiger partial charge in [-0.05, 0) is 54.8 Å². The number of rotatable bonds is 2. The van der Waals surface area contributed by atoms with Gasteiger partial charge in [-0.3, -0.25) is 4.79 Å². The minimum Gasteiger partial charge on any atom is -0.378 e. The average molecular weight is 357 g/mol. The van der Waals surface area contributed by atoms with E-state index in [-0.39, 0.29) is 5.91 Å². The molecule has 0 radical (unpaired) electrons. The number of likely N-dealkylation sites (tertiary alicyclic amines) is 1. The molecule has 3 aliphatic heterocycles. The number of aliphatic imine (C=N–C) groups is 1. The lowest BCUT2D eigenvalue weighted by Gasteiger charge is -2.28. The van der Waals surface area contributed by atoms with Crippen LogP contribution in [-0.2, 0) is 9.53 Å². The van der Waals surface area contributed by atoms with Crippen LogP contribution in [0.25, 0.3) is 6.08 Å². The van der Waals surface area contributed by atoms with Gasteiger partial charge in [0.1, 0.15) is 0 Å². The molecule has 0 atom stereocenters. The molecule has 4 rings (SSSR count). The van der Waals surface area contributed by atoms with Gasteiger partial charge in [0.2, 0.25) is 0 Å². The second-order valence-electron chi connectivity index (χ2n) is 6.55. The van der Waals surface area contributed by atoms with Crippen molar-refractivity contribution in [3.8, 4) is 0 Å². The van der Waals surface area contributed by atoms with Crippen molar-refractivity contribution < 1.29 is 9.53 Å². The fourth-order valence-electron chi connectivity index (χ4n) is 3.37. The number of amides is 1. The van der Waals surface area contributed by atoms with E-state index in [9.17, 15) is 4.79 Å². The number of morpholine rings is 1. The molecule has 2 saturated heterocycles. The summed E-state index contributed by atoms with van der Waals surface area (Å²) in [6.45, 7) is 5.46. The number of hydrogen-bond acceptors (Lipinski definition) is 5. The van der Waals surface area contributed by atoms with Crippen LogP contribution >= 0.6 is 11.8 Å². The Morgan fingerprint density at radius 1 is 0.960 bits per heavy atom. The third-order valence-electron chi connectivity index (χ3n) is 4.80. The molecule has 0 spiro atoms. The van der Waals surface area contributed by atoms with E-state index in [1.165, 1.54) is 36.7 Å². The Bertz CT molecular complexity index is 687. The SMILES string of the molecule is O=C1N=C(N2CCCCC2)S/C1=C/c1ccc(N2CCOCC2)cc1. The summed E-state index contributed by atoms with van der Waals surface area (Å²) < 4.78 is 5.40. The summed E-state index contributed by atoms with van der Waals surface area (Å²) in [7, 11) is 0. The molecule has 1 aromatic carbocycles. The lowest BCUT2D eigenvalue weighted by atomic mass is 10.1. The first-order valence-corrected chi connectivity index (χ1v) is 9.81. The van der Waals surface area contributed by atoms with Gasteiger partial charge < -0.3 is 14.5 Å². The lowest BCUT2D eigenvalue weighted by molar-refractivity contribution is -0.113. The van der Waals surface area contributed by atoms with E-state index in [0.717, 1.165) is 55.0 Å². The number of nitrogens with zero attached hydrogens (tertiary/aromatic N) is 3. The van der Waals surface area contributed by atoms with E-state index >= 15 is 0 Å². The van der Waals surface area contributed by atoms with Gasteiger partial charge in [-0.25, -0.2) is 0 Å². The third-order valence-corrected chi connectivity index (χ3v) is 5.85. The van der Waals surface area contributed by atoms with Crippen LogP contribution in [0.4, 0.5) is 5.69 Å². The fourth-order valence-corrected chi connectivity index (χ4v) is 4.34. The summed E-state index contributed by atoms with van der Waals surface area (Å²) in [5.41, 5.74) is 2.25. The van der Waals surface area contributed by atoms with Gasteiger partial charge in [-0.15, -0.1) is 0 Å². The molecule has 3 heterocycles. The van der Waals surface area contributed by atoms with E-state index in [0.29, 0.717) is 0 Å². The highest BCUT2D eigenvalue weighted by atomic mass is 32.2. The fraction of sp³-hybridized carbons (Fsp3) is 0.474. The molecule has 1 aromatic rings. The number of carbonyl (C=O) groups is 1. The zero-order valence-corrected chi connectivity index (χ0v) is 15.1. The van der Waals surface area contributed by atoms with Crippen molar-refractivity contribution >= 4 is 34.6 Å². The molecule has 1 amide bonds. The first-order valence-electron chi connectivity index (χ1n) is 9.00. The highest BCUT2D eigenvalue weighted by Gasteiger charge is 2.26. The summed E-state index contributed by atoms with van der Waals surface area (Å²) in [6, 6.07) is 8.39. The molecular weight excluding hydrogens is 334 g/mol. The average Bonchev–Trinajstić information content (AvgIpc) is 3.04. The maximum absolute atomic E-state index is 12.2. The van der Waals surface area contributed by atoms with Crippen molar-refractivity contribution in [1.82, 2.24) is 4.90 Å². The van der Waals surface area contributed by atoms with Gasteiger partial charge in [-0.2, -0.15) is 4.99 Å². The largest absolute Gasteiger partial charge is 0.378 e. The molecule has 0 aliphatic carbocycles. The summed E-state index contributed by atoms with van der Waals surface area (Å²) in [5, 5.41) is 0.876. The minimum absolute atomic E-state index is 0.108. The smallest absolute Gasteiger partial charge is 0.286 e. The van der Waals surface area contributed by atoms with Crippen LogP contribution < -0.4 is 4.90 Å². The maximum Gasteiger partial charge on any atom is 0.286 e. The van der Waals surface area contributed by atoms with Crippen LogP contribution in [0.15, 0.2) is 34.2 Å². The van der Waals surface area contributed by atoms with Crippen molar-refractivity contribution in [3.63, 3.8) is 0 Å². The molecular formula is C19H23N3O2S. The van der Waals surface area contributed by atoms with E-state index < -0.39 is 0 Å². The van der Waals surface area contributed by atoms with Gasteiger partial charge in [0, 0.05) is 31.9 Å². The van der Waals surface area contributed by atoms with Crippen LogP contribution in [0.1, 0.15) is 24.8 Å². The van der Waals surface area contributed by atoms with Crippen molar-refractivity contribution in [2.75, 3.05) is 44.3 Å². The topological polar surface area (TPSA) is 45.1 Å². The Kier molecular flexibility index (Phi) is 5.08. The Morgan fingerprint density at radius 2 is 1.68 bits per heavy atom. The Hall–Kier alpha value is -1.79. The lowest BCUT2D eigenvalue weighted by Crippen LogP contribution is -2.36. The molecule has 0 aromatic heterocycles. The quantitative estimate of drug-likeness (QED) is 0.762. The van der Waals surface area contributed by atoms with Crippen LogP contribution in [0.3, 0.4) is 0 Å². The van der Waals surface area contributed by atoms with Crippen molar-refractivity contribution in [1.29, 1.82) is 0 Å². The number of thioether (sulfide) groups is 1. The predicted molar refractivity (Wildman–Crippen MR) is 103 cm³/mol. The van der Waals surface area contributed by atoms with Crippen molar-refractivity contribution in [3.05, 3.63) is 34.7 Å². The van der Waals surface area contributed by atoms with E-state index in [1.54, 1.807) is 0 Å². The second kappa shape index (κ2) is 7.62. The third kappa shape index (κ3) is 3.90. The number of anilines is 1. The molecule has 0 saturated carbocycles. The number of benzene rings is 1. The monoisotopic (exact) mass is 357 g/mol. The maximum atomic E-state index is 12.2. The number of ether oxygens (including phenoxy) is 1. The molecule has 0 bridgehead atoms. The van der Waals surface area contributed by atoms with Gasteiger partial charge in [0.05, 0.1) is 18.1 Å². The predicted octanol–water partition coefficient (Wildman–Crippen LogP) is 2.98. The molecule has 0 N–H and O–H groups in total. The van der Waals surface area contributed by atoms with Crippen LogP contribution in [0.5, 0.6) is 0 Å². The Labute approximate surface area is 152 Å². The molecule has 6 heteroatoms. The molecule has 0 unspecified atom stereocenters. The van der Waals surface area contributed by atoms with E-state index in [4.69, 9.17) is 4.74 Å². The Morgan fingerprint density at radius 3 is 2.40 bits per heavy atom. The van der Waals surface area contributed by atoms with Crippen molar-refractivity contribution in [2.24, 2.45) is 4.99 Å². The number of hydrogen-bond donors (Lipinski definition) is 0. The van der Waals surface area contributed by atoms with E-state index in [2.05, 4.69) is 39.1 Å². The second-order valence-corrected chi connectivity index (χ2v) is 7.56. The normalized spacial score (nSPS) is 23.3. The number of piperidine rings is 1.